The summed E-state index contributed by atoms with van der Waals surface area (Å²) in [6.07, 6.45) is 4.30. The SMILES string of the molecule is O=C(CSc1cccc(NC(=O)C2CC=CCC2C(=O)O)c1)Nc1nc(-c2cccc([N+](=O)[O-])c2)cs1. The molecule has 2 amide bonds. The zero-order chi connectivity index (χ0) is 26.4. The third-order valence-corrected chi connectivity index (χ3v) is 7.41. The van der Waals surface area contributed by atoms with E-state index in [0.29, 0.717) is 34.9 Å². The van der Waals surface area contributed by atoms with E-state index in [4.69, 9.17) is 0 Å². The number of carbonyl (C=O) groups is 3. The predicted molar refractivity (Wildman–Crippen MR) is 142 cm³/mol. The molecule has 2 aromatic carbocycles. The molecule has 0 saturated carbocycles. The fourth-order valence-electron chi connectivity index (χ4n) is 3.82. The molecule has 3 N–H and O–H groups in total. The van der Waals surface area contributed by atoms with E-state index in [2.05, 4.69) is 15.6 Å². The van der Waals surface area contributed by atoms with Crippen molar-refractivity contribution in [1.82, 2.24) is 4.98 Å². The number of benzene rings is 2. The molecule has 2 unspecified atom stereocenters. The molecule has 2 atom stereocenters. The van der Waals surface area contributed by atoms with Crippen molar-refractivity contribution in [3.8, 4) is 11.3 Å². The van der Waals surface area contributed by atoms with E-state index in [1.807, 2.05) is 6.08 Å². The molecule has 1 aliphatic rings. The van der Waals surface area contributed by atoms with Gasteiger partial charge in [0.2, 0.25) is 11.8 Å². The van der Waals surface area contributed by atoms with E-state index in [1.54, 1.807) is 47.9 Å². The minimum atomic E-state index is -0.989. The van der Waals surface area contributed by atoms with Crippen molar-refractivity contribution in [3.63, 3.8) is 0 Å². The van der Waals surface area contributed by atoms with Crippen molar-refractivity contribution in [1.29, 1.82) is 0 Å². The van der Waals surface area contributed by atoms with Crippen LogP contribution in [0.4, 0.5) is 16.5 Å². The second-order valence-corrected chi connectivity index (χ2v) is 10.1. The number of anilines is 2. The van der Waals surface area contributed by atoms with E-state index in [9.17, 15) is 29.6 Å². The van der Waals surface area contributed by atoms with Gasteiger partial charge in [-0.15, -0.1) is 23.1 Å². The Labute approximate surface area is 220 Å². The third kappa shape index (κ3) is 6.80. The number of carbonyl (C=O) groups excluding carboxylic acids is 2. The summed E-state index contributed by atoms with van der Waals surface area (Å²) in [5.41, 5.74) is 1.59. The molecule has 190 valence electrons. The molecule has 4 rings (SSSR count). The molecule has 12 heteroatoms. The number of carboxylic acids is 1. The van der Waals surface area contributed by atoms with E-state index in [-0.39, 0.29) is 23.3 Å². The highest BCUT2D eigenvalue weighted by Crippen LogP contribution is 2.30. The first-order chi connectivity index (χ1) is 17.8. The Morgan fingerprint density at radius 3 is 2.59 bits per heavy atom. The van der Waals surface area contributed by atoms with E-state index in [0.717, 1.165) is 4.90 Å². The van der Waals surface area contributed by atoms with Gasteiger partial charge in [0.15, 0.2) is 5.13 Å². The van der Waals surface area contributed by atoms with Crippen LogP contribution < -0.4 is 10.6 Å². The fraction of sp³-hybridized carbons (Fsp3) is 0.200. The summed E-state index contributed by atoms with van der Waals surface area (Å²) in [5.74, 6) is -2.92. The number of nitrogens with zero attached hydrogens (tertiary/aromatic N) is 2. The Kier molecular flexibility index (Phi) is 8.31. The van der Waals surface area contributed by atoms with Gasteiger partial charge in [0.25, 0.3) is 5.69 Å². The predicted octanol–water partition coefficient (Wildman–Crippen LogP) is 5.05. The van der Waals surface area contributed by atoms with Gasteiger partial charge in [-0.1, -0.05) is 30.4 Å². The van der Waals surface area contributed by atoms with Gasteiger partial charge in [0.05, 0.1) is 28.2 Å². The molecule has 1 aromatic heterocycles. The number of carboxylic acid groups (broad SMARTS) is 1. The van der Waals surface area contributed by atoms with Crippen LogP contribution >= 0.6 is 23.1 Å². The number of hydrogen-bond donors (Lipinski definition) is 3. The zero-order valence-electron chi connectivity index (χ0n) is 19.3. The Morgan fingerprint density at radius 2 is 1.84 bits per heavy atom. The van der Waals surface area contributed by atoms with Gasteiger partial charge in [-0.3, -0.25) is 24.5 Å². The number of nitro groups is 1. The van der Waals surface area contributed by atoms with Gasteiger partial charge < -0.3 is 15.7 Å². The lowest BCUT2D eigenvalue weighted by Gasteiger charge is -2.24. The Morgan fingerprint density at radius 1 is 1.08 bits per heavy atom. The Balaban J connectivity index is 1.32. The summed E-state index contributed by atoms with van der Waals surface area (Å²) in [4.78, 5) is 52.3. The lowest BCUT2D eigenvalue weighted by molar-refractivity contribution is -0.384. The number of amides is 2. The number of allylic oxidation sites excluding steroid dienone is 2. The highest BCUT2D eigenvalue weighted by molar-refractivity contribution is 8.00. The second kappa shape index (κ2) is 11.8. The van der Waals surface area contributed by atoms with Gasteiger partial charge in [0, 0.05) is 33.7 Å². The molecule has 0 aliphatic heterocycles. The minimum absolute atomic E-state index is 0.0387. The number of aliphatic carboxylic acids is 1. The summed E-state index contributed by atoms with van der Waals surface area (Å²) in [6.45, 7) is 0. The molecule has 3 aromatic rings. The number of nitro benzene ring substituents is 1. The van der Waals surface area contributed by atoms with E-state index in [1.165, 1.54) is 35.2 Å². The minimum Gasteiger partial charge on any atom is -0.481 e. The second-order valence-electron chi connectivity index (χ2n) is 8.19. The van der Waals surface area contributed by atoms with Crippen molar-refractivity contribution in [2.45, 2.75) is 17.7 Å². The summed E-state index contributed by atoms with van der Waals surface area (Å²) in [6, 6.07) is 13.1. The van der Waals surface area contributed by atoms with Crippen LogP contribution in [0.25, 0.3) is 11.3 Å². The lowest BCUT2D eigenvalue weighted by atomic mass is 9.82. The molecule has 1 aliphatic carbocycles. The molecule has 0 bridgehead atoms. The van der Waals surface area contributed by atoms with Crippen LogP contribution in [-0.4, -0.2) is 38.6 Å². The molecule has 0 saturated heterocycles. The average Bonchev–Trinajstić information content (AvgIpc) is 3.36. The molecular weight excluding hydrogens is 516 g/mol. The fourth-order valence-corrected chi connectivity index (χ4v) is 5.31. The largest absolute Gasteiger partial charge is 0.481 e. The zero-order valence-corrected chi connectivity index (χ0v) is 21.0. The number of hydrogen-bond acceptors (Lipinski definition) is 8. The summed E-state index contributed by atoms with van der Waals surface area (Å²) >= 11 is 2.49. The number of non-ortho nitro benzene ring substituents is 1. The normalized spacial score (nSPS) is 16.6. The number of thiazole rings is 1. The summed E-state index contributed by atoms with van der Waals surface area (Å²) < 4.78 is 0. The summed E-state index contributed by atoms with van der Waals surface area (Å²) in [5, 5.41) is 28.0. The third-order valence-electron chi connectivity index (χ3n) is 5.66. The number of nitrogens with one attached hydrogen (secondary N) is 2. The maximum atomic E-state index is 12.7. The average molecular weight is 539 g/mol. The van der Waals surface area contributed by atoms with Crippen LogP contribution in [0.3, 0.4) is 0 Å². The Bertz CT molecular complexity index is 1370. The van der Waals surface area contributed by atoms with Crippen molar-refractivity contribution in [3.05, 3.63) is 76.2 Å². The molecule has 1 heterocycles. The van der Waals surface area contributed by atoms with E-state index >= 15 is 0 Å². The quantitative estimate of drug-likeness (QED) is 0.148. The first-order valence-corrected chi connectivity index (χ1v) is 13.1. The maximum Gasteiger partial charge on any atom is 0.307 e. The topological polar surface area (TPSA) is 152 Å². The van der Waals surface area contributed by atoms with Crippen LogP contribution in [0.5, 0.6) is 0 Å². The van der Waals surface area contributed by atoms with Crippen LogP contribution in [0.1, 0.15) is 12.8 Å². The monoisotopic (exact) mass is 538 g/mol. The van der Waals surface area contributed by atoms with Gasteiger partial charge in [-0.25, -0.2) is 4.98 Å². The smallest absolute Gasteiger partial charge is 0.307 e. The summed E-state index contributed by atoms with van der Waals surface area (Å²) in [7, 11) is 0. The highest BCUT2D eigenvalue weighted by atomic mass is 32.2. The maximum absolute atomic E-state index is 12.7. The number of rotatable bonds is 9. The van der Waals surface area contributed by atoms with Crippen LogP contribution in [0, 0.1) is 22.0 Å². The van der Waals surface area contributed by atoms with Gasteiger partial charge in [-0.2, -0.15) is 0 Å². The molecule has 10 nitrogen and oxygen atoms in total. The van der Waals surface area contributed by atoms with Crippen molar-refractivity contribution < 1.29 is 24.4 Å². The Hall–Kier alpha value is -4.03. The molecular formula is C25H22N4O6S2. The van der Waals surface area contributed by atoms with Crippen molar-refractivity contribution >= 4 is 57.4 Å². The van der Waals surface area contributed by atoms with E-state index < -0.39 is 22.7 Å². The van der Waals surface area contributed by atoms with Gasteiger partial charge in [0.1, 0.15) is 0 Å². The standard InChI is InChI=1S/C25H22N4O6S2/c30-22(28-25-27-21(13-37-25)15-5-3-7-17(11-15)29(34)35)14-36-18-8-4-6-16(12-18)26-23(31)19-9-1-2-10-20(19)24(32)33/h1-8,11-13,19-20H,9-10,14H2,(H,26,31)(H,32,33)(H,27,28,30). The molecule has 0 spiro atoms. The molecule has 0 radical (unpaired) electrons. The molecule has 37 heavy (non-hydrogen) atoms. The highest BCUT2D eigenvalue weighted by Gasteiger charge is 2.34. The van der Waals surface area contributed by atoms with Gasteiger partial charge in [-0.05, 0) is 31.0 Å². The first-order valence-electron chi connectivity index (χ1n) is 11.2. The van der Waals surface area contributed by atoms with Crippen molar-refractivity contribution in [2.24, 2.45) is 11.8 Å². The van der Waals surface area contributed by atoms with Gasteiger partial charge >= 0.3 is 5.97 Å². The number of aromatic nitrogens is 1. The van der Waals surface area contributed by atoms with Crippen LogP contribution in [0.2, 0.25) is 0 Å². The number of thioether (sulfide) groups is 1. The van der Waals surface area contributed by atoms with Crippen molar-refractivity contribution in [2.75, 3.05) is 16.4 Å². The molecule has 0 fully saturated rings. The van der Waals surface area contributed by atoms with Crippen LogP contribution in [0.15, 0.2) is 71.0 Å². The van der Waals surface area contributed by atoms with Crippen LogP contribution in [-0.2, 0) is 14.4 Å². The lowest BCUT2D eigenvalue weighted by Crippen LogP contribution is -2.34. The first kappa shape index (κ1) is 26.0.